The summed E-state index contributed by atoms with van der Waals surface area (Å²) in [5.41, 5.74) is 4.21. The number of anilines is 1. The Balaban J connectivity index is 1.67. The standard InChI is InChI=1S/C25H19ClN2O3/c1-2-30-23-13-16(11-20-19-9-5-6-10-22(19)28-25(20)29)12-21(26)24(23)31-15-18-8-4-3-7-17(18)14-27/h3-13H,2,15H2,1H3,(H,28,29)/b20-11-. The molecule has 0 unspecified atom stereocenters. The van der Waals surface area contributed by atoms with Gasteiger partial charge in [-0.05, 0) is 42.8 Å². The highest BCUT2D eigenvalue weighted by Crippen LogP contribution is 2.39. The summed E-state index contributed by atoms with van der Waals surface area (Å²) in [4.78, 5) is 12.4. The third-order valence-electron chi connectivity index (χ3n) is 4.86. The van der Waals surface area contributed by atoms with Crippen LogP contribution in [0.5, 0.6) is 11.5 Å². The van der Waals surface area contributed by atoms with Crippen molar-refractivity contribution < 1.29 is 14.3 Å². The first-order valence-corrected chi connectivity index (χ1v) is 10.2. The molecule has 0 aliphatic carbocycles. The third kappa shape index (κ3) is 4.25. The monoisotopic (exact) mass is 430 g/mol. The molecule has 0 saturated carbocycles. The molecule has 0 bridgehead atoms. The fraction of sp³-hybridized carbons (Fsp3) is 0.120. The Hall–Kier alpha value is -3.75. The maximum absolute atomic E-state index is 12.4. The number of nitrogens with one attached hydrogen (secondary N) is 1. The minimum Gasteiger partial charge on any atom is -0.490 e. The quantitative estimate of drug-likeness (QED) is 0.510. The maximum atomic E-state index is 12.4. The Morgan fingerprint density at radius 2 is 1.87 bits per heavy atom. The van der Waals surface area contributed by atoms with Crippen molar-refractivity contribution in [3.05, 3.63) is 87.9 Å². The van der Waals surface area contributed by atoms with E-state index < -0.39 is 0 Å². The summed E-state index contributed by atoms with van der Waals surface area (Å²) in [5, 5.41) is 12.5. The lowest BCUT2D eigenvalue weighted by atomic mass is 10.0. The molecule has 0 radical (unpaired) electrons. The zero-order chi connectivity index (χ0) is 21.8. The number of halogens is 1. The van der Waals surface area contributed by atoms with Crippen molar-refractivity contribution in [3.8, 4) is 17.6 Å². The number of rotatable bonds is 6. The summed E-state index contributed by atoms with van der Waals surface area (Å²) in [6, 6.07) is 20.4. The van der Waals surface area contributed by atoms with Gasteiger partial charge in [-0.1, -0.05) is 48.0 Å². The number of fused-ring (bicyclic) bond motifs is 1. The lowest BCUT2D eigenvalue weighted by Gasteiger charge is -2.15. The summed E-state index contributed by atoms with van der Waals surface area (Å²) in [5.74, 6) is 0.710. The molecule has 1 amide bonds. The summed E-state index contributed by atoms with van der Waals surface area (Å²) in [6.45, 7) is 2.47. The minimum atomic E-state index is -0.163. The highest BCUT2D eigenvalue weighted by atomic mass is 35.5. The number of nitriles is 1. The van der Waals surface area contributed by atoms with Crippen molar-refractivity contribution >= 4 is 34.8 Å². The second-order valence-corrected chi connectivity index (χ2v) is 7.29. The highest BCUT2D eigenvalue weighted by molar-refractivity contribution is 6.35. The number of para-hydroxylation sites is 1. The number of nitrogens with zero attached hydrogens (tertiary/aromatic N) is 1. The predicted molar refractivity (Wildman–Crippen MR) is 121 cm³/mol. The number of benzene rings is 3. The largest absolute Gasteiger partial charge is 0.490 e. The Labute approximate surface area is 185 Å². The summed E-state index contributed by atoms with van der Waals surface area (Å²) >= 11 is 6.53. The normalized spacial score (nSPS) is 13.5. The van der Waals surface area contributed by atoms with Crippen LogP contribution in [0.1, 0.15) is 29.2 Å². The first-order chi connectivity index (χ1) is 15.1. The topological polar surface area (TPSA) is 71.3 Å². The van der Waals surface area contributed by atoms with Crippen LogP contribution in [0.4, 0.5) is 5.69 Å². The van der Waals surface area contributed by atoms with Crippen LogP contribution in [-0.2, 0) is 11.4 Å². The first kappa shape index (κ1) is 20.5. The predicted octanol–water partition coefficient (Wildman–Crippen LogP) is 5.68. The van der Waals surface area contributed by atoms with Crippen LogP contribution < -0.4 is 14.8 Å². The average Bonchev–Trinajstić information content (AvgIpc) is 3.08. The van der Waals surface area contributed by atoms with Gasteiger partial charge in [0.15, 0.2) is 11.5 Å². The van der Waals surface area contributed by atoms with Crippen molar-refractivity contribution in [2.24, 2.45) is 0 Å². The lowest BCUT2D eigenvalue weighted by molar-refractivity contribution is -0.110. The van der Waals surface area contributed by atoms with Gasteiger partial charge in [0, 0.05) is 22.4 Å². The van der Waals surface area contributed by atoms with E-state index in [1.165, 1.54) is 0 Å². The van der Waals surface area contributed by atoms with Gasteiger partial charge in [0.05, 0.1) is 23.3 Å². The number of carbonyl (C=O) groups is 1. The van der Waals surface area contributed by atoms with Crippen LogP contribution in [-0.4, -0.2) is 12.5 Å². The Bertz CT molecular complexity index is 1230. The summed E-state index contributed by atoms with van der Waals surface area (Å²) < 4.78 is 11.7. The number of ether oxygens (including phenoxy) is 2. The lowest BCUT2D eigenvalue weighted by Crippen LogP contribution is -2.04. The second kappa shape index (κ2) is 8.95. The Morgan fingerprint density at radius 1 is 1.10 bits per heavy atom. The van der Waals surface area contributed by atoms with Gasteiger partial charge in [-0.3, -0.25) is 4.79 Å². The van der Waals surface area contributed by atoms with E-state index in [2.05, 4.69) is 11.4 Å². The van der Waals surface area contributed by atoms with Crippen molar-refractivity contribution in [1.82, 2.24) is 0 Å². The molecule has 0 aromatic heterocycles. The fourth-order valence-corrected chi connectivity index (χ4v) is 3.70. The summed E-state index contributed by atoms with van der Waals surface area (Å²) in [6.07, 6.45) is 1.78. The molecule has 4 rings (SSSR count). The molecule has 6 heteroatoms. The molecule has 0 saturated heterocycles. The van der Waals surface area contributed by atoms with E-state index in [-0.39, 0.29) is 12.5 Å². The van der Waals surface area contributed by atoms with Crippen LogP contribution in [0.3, 0.4) is 0 Å². The molecule has 3 aromatic rings. The molecule has 5 nitrogen and oxygen atoms in total. The van der Waals surface area contributed by atoms with Crippen LogP contribution in [0.15, 0.2) is 60.7 Å². The molecule has 1 aliphatic heterocycles. The number of carbonyl (C=O) groups excluding carboxylic acids is 1. The van der Waals surface area contributed by atoms with Gasteiger partial charge in [-0.15, -0.1) is 0 Å². The molecule has 154 valence electrons. The van der Waals surface area contributed by atoms with E-state index >= 15 is 0 Å². The van der Waals surface area contributed by atoms with Gasteiger partial charge in [-0.2, -0.15) is 5.26 Å². The van der Waals surface area contributed by atoms with E-state index in [0.717, 1.165) is 22.4 Å². The first-order valence-electron chi connectivity index (χ1n) is 9.80. The van der Waals surface area contributed by atoms with E-state index in [0.29, 0.717) is 34.3 Å². The Morgan fingerprint density at radius 3 is 2.68 bits per heavy atom. The van der Waals surface area contributed by atoms with Crippen LogP contribution >= 0.6 is 11.6 Å². The number of amides is 1. The second-order valence-electron chi connectivity index (χ2n) is 6.88. The van der Waals surface area contributed by atoms with Gasteiger partial charge in [-0.25, -0.2) is 0 Å². The molecule has 1 heterocycles. The minimum absolute atomic E-state index is 0.163. The van der Waals surface area contributed by atoms with Gasteiger partial charge in [0.1, 0.15) is 6.61 Å². The molecule has 31 heavy (non-hydrogen) atoms. The van der Waals surface area contributed by atoms with Crippen molar-refractivity contribution in [2.75, 3.05) is 11.9 Å². The van der Waals surface area contributed by atoms with Crippen LogP contribution in [0.2, 0.25) is 5.02 Å². The molecular formula is C25H19ClN2O3. The number of hydrogen-bond acceptors (Lipinski definition) is 4. The van der Waals surface area contributed by atoms with E-state index in [1.54, 1.807) is 30.3 Å². The van der Waals surface area contributed by atoms with E-state index in [1.807, 2.05) is 43.3 Å². The van der Waals surface area contributed by atoms with E-state index in [4.69, 9.17) is 21.1 Å². The van der Waals surface area contributed by atoms with E-state index in [9.17, 15) is 10.1 Å². The SMILES string of the molecule is CCOc1cc(/C=C2\C(=O)Nc3ccccc32)cc(Cl)c1OCc1ccccc1C#N. The molecule has 0 atom stereocenters. The Kier molecular flexibility index (Phi) is 5.92. The molecule has 1 aliphatic rings. The molecular weight excluding hydrogens is 412 g/mol. The van der Waals surface area contributed by atoms with Crippen LogP contribution in [0, 0.1) is 11.3 Å². The fourth-order valence-electron chi connectivity index (χ4n) is 3.43. The van der Waals surface area contributed by atoms with Crippen LogP contribution in [0.25, 0.3) is 11.6 Å². The maximum Gasteiger partial charge on any atom is 0.256 e. The zero-order valence-electron chi connectivity index (χ0n) is 16.8. The van der Waals surface area contributed by atoms with Gasteiger partial charge in [0.25, 0.3) is 5.91 Å². The zero-order valence-corrected chi connectivity index (χ0v) is 17.6. The molecule has 0 spiro atoms. The van der Waals surface area contributed by atoms with Crippen molar-refractivity contribution in [3.63, 3.8) is 0 Å². The average molecular weight is 431 g/mol. The number of hydrogen-bond donors (Lipinski definition) is 1. The third-order valence-corrected chi connectivity index (χ3v) is 5.14. The van der Waals surface area contributed by atoms with Gasteiger partial charge >= 0.3 is 0 Å². The highest BCUT2D eigenvalue weighted by Gasteiger charge is 2.24. The van der Waals surface area contributed by atoms with Crippen molar-refractivity contribution in [1.29, 1.82) is 5.26 Å². The van der Waals surface area contributed by atoms with Gasteiger partial charge in [0.2, 0.25) is 0 Å². The summed E-state index contributed by atoms with van der Waals surface area (Å²) in [7, 11) is 0. The smallest absolute Gasteiger partial charge is 0.256 e. The molecule has 1 N–H and O–H groups in total. The molecule has 0 fully saturated rings. The van der Waals surface area contributed by atoms with Crippen molar-refractivity contribution in [2.45, 2.75) is 13.5 Å². The van der Waals surface area contributed by atoms with Gasteiger partial charge < -0.3 is 14.8 Å². The molecule has 3 aromatic carbocycles.